The van der Waals surface area contributed by atoms with Crippen LogP contribution in [-0.2, 0) is 0 Å². The molecule has 2 aromatic rings. The minimum absolute atomic E-state index is 0.0424. The highest BCUT2D eigenvalue weighted by molar-refractivity contribution is 5.94. The van der Waals surface area contributed by atoms with Crippen molar-refractivity contribution in [2.24, 2.45) is 0 Å². The first kappa shape index (κ1) is 14.7. The van der Waals surface area contributed by atoms with E-state index in [1.165, 1.54) is 0 Å². The van der Waals surface area contributed by atoms with Gasteiger partial charge in [0.2, 0.25) is 0 Å². The van der Waals surface area contributed by atoms with Crippen LogP contribution < -0.4 is 5.32 Å². The smallest absolute Gasteiger partial charge is 0.255 e. The molecule has 116 valence electrons. The molecule has 0 radical (unpaired) electrons. The molecule has 1 saturated heterocycles. The summed E-state index contributed by atoms with van der Waals surface area (Å²) in [5.74, 6) is 0.775. The van der Waals surface area contributed by atoms with E-state index in [-0.39, 0.29) is 5.91 Å². The summed E-state index contributed by atoms with van der Waals surface area (Å²) in [4.78, 5) is 18.8. The molecule has 1 fully saturated rings. The predicted molar refractivity (Wildman–Crippen MR) is 84.2 cm³/mol. The molecule has 0 bridgehead atoms. The number of hydrogen-bond donors (Lipinski definition) is 1. The van der Waals surface area contributed by atoms with Gasteiger partial charge in [0.15, 0.2) is 5.82 Å². The minimum atomic E-state index is 0.0424. The van der Waals surface area contributed by atoms with E-state index in [2.05, 4.69) is 22.3 Å². The highest BCUT2D eigenvalue weighted by Gasteiger charge is 2.21. The number of aromatic nitrogens is 3. The Morgan fingerprint density at radius 1 is 1.36 bits per heavy atom. The molecule has 0 saturated carbocycles. The van der Waals surface area contributed by atoms with Crippen molar-refractivity contribution in [2.45, 2.75) is 26.8 Å². The molecule has 6 nitrogen and oxygen atoms in total. The maximum Gasteiger partial charge on any atom is 0.255 e. The van der Waals surface area contributed by atoms with Crippen LogP contribution in [0.5, 0.6) is 0 Å². The lowest BCUT2D eigenvalue weighted by molar-refractivity contribution is 0.0708. The minimum Gasteiger partial charge on any atom is -0.336 e. The van der Waals surface area contributed by atoms with Gasteiger partial charge in [-0.2, -0.15) is 5.10 Å². The van der Waals surface area contributed by atoms with Crippen molar-refractivity contribution in [3.63, 3.8) is 0 Å². The number of piperazine rings is 1. The number of carbonyl (C=O) groups excluding carboxylic acids is 1. The molecular weight excluding hydrogens is 278 g/mol. The van der Waals surface area contributed by atoms with Gasteiger partial charge in [-0.1, -0.05) is 0 Å². The van der Waals surface area contributed by atoms with Crippen molar-refractivity contribution in [1.82, 2.24) is 25.0 Å². The topological polar surface area (TPSA) is 63.1 Å². The zero-order valence-corrected chi connectivity index (χ0v) is 13.2. The van der Waals surface area contributed by atoms with E-state index in [1.807, 2.05) is 36.9 Å². The van der Waals surface area contributed by atoms with Crippen LogP contribution in [-0.4, -0.2) is 51.2 Å². The second-order valence-electron chi connectivity index (χ2n) is 5.85. The van der Waals surface area contributed by atoms with E-state index in [9.17, 15) is 4.79 Å². The lowest BCUT2D eigenvalue weighted by Gasteiger charge is -2.31. The Balaban J connectivity index is 1.79. The molecule has 1 atom stereocenters. The molecule has 1 aliphatic rings. The Kier molecular flexibility index (Phi) is 3.94. The number of rotatable bonds is 2. The van der Waals surface area contributed by atoms with Crippen molar-refractivity contribution in [2.75, 3.05) is 19.6 Å². The summed E-state index contributed by atoms with van der Waals surface area (Å²) in [5.41, 5.74) is 2.61. The first-order valence-corrected chi connectivity index (χ1v) is 7.57. The van der Waals surface area contributed by atoms with Gasteiger partial charge in [0, 0.05) is 37.6 Å². The molecule has 0 spiro atoms. The fraction of sp³-hybridized carbons (Fsp3) is 0.438. The van der Waals surface area contributed by atoms with Gasteiger partial charge >= 0.3 is 0 Å². The zero-order chi connectivity index (χ0) is 15.7. The van der Waals surface area contributed by atoms with Crippen molar-refractivity contribution in [1.29, 1.82) is 0 Å². The van der Waals surface area contributed by atoms with Gasteiger partial charge < -0.3 is 10.2 Å². The molecule has 22 heavy (non-hydrogen) atoms. The third-order valence-electron chi connectivity index (χ3n) is 3.88. The summed E-state index contributed by atoms with van der Waals surface area (Å²) in [6, 6.07) is 6.01. The number of pyridine rings is 1. The first-order valence-electron chi connectivity index (χ1n) is 7.57. The third kappa shape index (κ3) is 2.87. The summed E-state index contributed by atoms with van der Waals surface area (Å²) in [6.07, 6.45) is 1.64. The summed E-state index contributed by atoms with van der Waals surface area (Å²) in [7, 11) is 0. The van der Waals surface area contributed by atoms with Crippen molar-refractivity contribution in [3.8, 4) is 5.82 Å². The third-order valence-corrected chi connectivity index (χ3v) is 3.88. The Morgan fingerprint density at radius 3 is 2.77 bits per heavy atom. The van der Waals surface area contributed by atoms with Crippen LogP contribution >= 0.6 is 0 Å². The van der Waals surface area contributed by atoms with Gasteiger partial charge in [0.05, 0.1) is 11.3 Å². The van der Waals surface area contributed by atoms with E-state index in [0.29, 0.717) is 11.6 Å². The molecule has 1 aliphatic heterocycles. The molecule has 1 amide bonds. The van der Waals surface area contributed by atoms with Gasteiger partial charge in [0.1, 0.15) is 0 Å². The second kappa shape index (κ2) is 5.88. The molecule has 3 rings (SSSR count). The van der Waals surface area contributed by atoms with Gasteiger partial charge in [-0.3, -0.25) is 4.79 Å². The summed E-state index contributed by atoms with van der Waals surface area (Å²) < 4.78 is 1.79. The first-order chi connectivity index (χ1) is 10.5. The van der Waals surface area contributed by atoms with E-state index in [0.717, 1.165) is 36.8 Å². The molecule has 1 unspecified atom stereocenters. The average molecular weight is 299 g/mol. The molecule has 6 heteroatoms. The monoisotopic (exact) mass is 299 g/mol. The molecule has 2 aromatic heterocycles. The SMILES string of the molecule is Cc1cc(C)n(-c2ccc(C(=O)N3CCNC(C)C3)cn2)n1. The van der Waals surface area contributed by atoms with Crippen molar-refractivity contribution in [3.05, 3.63) is 41.3 Å². The van der Waals surface area contributed by atoms with Gasteiger partial charge in [-0.25, -0.2) is 9.67 Å². The fourth-order valence-corrected chi connectivity index (χ4v) is 2.80. The van der Waals surface area contributed by atoms with E-state index in [1.54, 1.807) is 10.9 Å². The number of nitrogens with zero attached hydrogens (tertiary/aromatic N) is 4. The van der Waals surface area contributed by atoms with E-state index in [4.69, 9.17) is 0 Å². The summed E-state index contributed by atoms with van der Waals surface area (Å²) in [5, 5.41) is 7.74. The lowest BCUT2D eigenvalue weighted by Crippen LogP contribution is -2.51. The average Bonchev–Trinajstić information content (AvgIpc) is 2.85. The second-order valence-corrected chi connectivity index (χ2v) is 5.85. The lowest BCUT2D eigenvalue weighted by atomic mass is 10.2. The highest BCUT2D eigenvalue weighted by Crippen LogP contribution is 2.12. The number of carbonyl (C=O) groups is 1. The Hall–Kier alpha value is -2.21. The predicted octanol–water partition coefficient (Wildman–Crippen LogP) is 1.32. The van der Waals surface area contributed by atoms with E-state index >= 15 is 0 Å². The van der Waals surface area contributed by atoms with Crippen LogP contribution in [0.15, 0.2) is 24.4 Å². The standard InChI is InChI=1S/C16H21N5O/c1-11-8-13(3)21(19-11)15-5-4-14(9-18-15)16(22)20-7-6-17-12(2)10-20/h4-5,8-9,12,17H,6-7,10H2,1-3H3. The summed E-state index contributed by atoms with van der Waals surface area (Å²) in [6.45, 7) is 8.34. The molecular formula is C16H21N5O. The largest absolute Gasteiger partial charge is 0.336 e. The highest BCUT2D eigenvalue weighted by atomic mass is 16.2. The van der Waals surface area contributed by atoms with Crippen LogP contribution in [0, 0.1) is 13.8 Å². The number of amides is 1. The molecule has 0 aliphatic carbocycles. The maximum atomic E-state index is 12.5. The van der Waals surface area contributed by atoms with Gasteiger partial charge in [-0.15, -0.1) is 0 Å². The quantitative estimate of drug-likeness (QED) is 0.908. The fourth-order valence-electron chi connectivity index (χ4n) is 2.80. The van der Waals surface area contributed by atoms with Crippen LogP contribution in [0.4, 0.5) is 0 Å². The molecule has 0 aromatic carbocycles. The maximum absolute atomic E-state index is 12.5. The van der Waals surface area contributed by atoms with E-state index < -0.39 is 0 Å². The Labute approximate surface area is 130 Å². The number of nitrogens with one attached hydrogen (secondary N) is 1. The van der Waals surface area contributed by atoms with Crippen LogP contribution in [0.25, 0.3) is 5.82 Å². The number of aryl methyl sites for hydroxylation is 2. The van der Waals surface area contributed by atoms with Crippen LogP contribution in [0.3, 0.4) is 0 Å². The van der Waals surface area contributed by atoms with Gasteiger partial charge in [0.25, 0.3) is 5.91 Å². The van der Waals surface area contributed by atoms with Crippen molar-refractivity contribution >= 4 is 5.91 Å². The van der Waals surface area contributed by atoms with Crippen LogP contribution in [0.1, 0.15) is 28.7 Å². The summed E-state index contributed by atoms with van der Waals surface area (Å²) >= 11 is 0. The zero-order valence-electron chi connectivity index (χ0n) is 13.2. The Morgan fingerprint density at radius 2 is 2.18 bits per heavy atom. The van der Waals surface area contributed by atoms with Crippen LogP contribution in [0.2, 0.25) is 0 Å². The normalized spacial score (nSPS) is 18.5. The Bertz CT molecular complexity index is 676. The number of hydrogen-bond acceptors (Lipinski definition) is 4. The molecule has 3 heterocycles. The van der Waals surface area contributed by atoms with Gasteiger partial charge in [-0.05, 0) is 39.0 Å². The van der Waals surface area contributed by atoms with Crippen molar-refractivity contribution < 1.29 is 4.79 Å². The molecule has 1 N–H and O–H groups in total.